The van der Waals surface area contributed by atoms with Gasteiger partial charge in [0.15, 0.2) is 5.82 Å². The van der Waals surface area contributed by atoms with Crippen molar-refractivity contribution in [1.29, 1.82) is 0 Å². The number of rotatable bonds is 3. The number of nitrogens with two attached hydrogens (primary N) is 1. The van der Waals surface area contributed by atoms with Crippen LogP contribution >= 0.6 is 0 Å². The van der Waals surface area contributed by atoms with Crippen molar-refractivity contribution in [2.24, 2.45) is 5.41 Å². The van der Waals surface area contributed by atoms with Gasteiger partial charge in [0.2, 0.25) is 11.8 Å². The van der Waals surface area contributed by atoms with Gasteiger partial charge in [0, 0.05) is 42.5 Å². The average Bonchev–Trinajstić information content (AvgIpc) is 3.04. The molecule has 188 valence electrons. The summed E-state index contributed by atoms with van der Waals surface area (Å²) in [4.78, 5) is 34.9. The molecule has 4 heterocycles. The maximum atomic E-state index is 15.3. The van der Waals surface area contributed by atoms with Crippen LogP contribution in [0.2, 0.25) is 0 Å². The number of hydrogen-bond donors (Lipinski definition) is 3. The Morgan fingerprint density at radius 3 is 2.81 bits per heavy atom. The zero-order valence-corrected chi connectivity index (χ0v) is 20.4. The summed E-state index contributed by atoms with van der Waals surface area (Å²) in [7, 11) is 1.67. The van der Waals surface area contributed by atoms with Crippen molar-refractivity contribution in [1.82, 2.24) is 14.9 Å². The minimum Gasteiger partial charge on any atom is -0.474 e. The number of halogens is 1. The lowest BCUT2D eigenvalue weighted by atomic mass is 9.89. The Kier molecular flexibility index (Phi) is 5.57. The predicted molar refractivity (Wildman–Crippen MR) is 133 cm³/mol. The first-order valence-corrected chi connectivity index (χ1v) is 11.6. The summed E-state index contributed by atoms with van der Waals surface area (Å²) in [5.74, 6) is 0.00522. The molecule has 2 aromatic heterocycles. The van der Waals surface area contributed by atoms with E-state index in [-0.39, 0.29) is 23.0 Å². The molecule has 0 unspecified atom stereocenters. The number of carbonyl (C=O) groups excluding carboxylic acids is 2. The molecule has 2 aliphatic rings. The number of hydrogen-bond acceptors (Lipinski definition) is 8. The third-order valence-electron chi connectivity index (χ3n) is 6.86. The van der Waals surface area contributed by atoms with Crippen LogP contribution < -0.4 is 21.1 Å². The Labute approximate surface area is 207 Å². The largest absolute Gasteiger partial charge is 0.474 e. The number of likely N-dealkylation sites (tertiary alicyclic amines) is 1. The number of carbonyl (C=O) groups is 2. The highest BCUT2D eigenvalue weighted by molar-refractivity contribution is 5.99. The van der Waals surface area contributed by atoms with Gasteiger partial charge in [0.1, 0.15) is 24.2 Å². The summed E-state index contributed by atoms with van der Waals surface area (Å²) in [6.07, 6.45) is 1.62. The molecule has 1 atom stereocenters. The number of nitrogens with one attached hydrogen (secondary N) is 2. The van der Waals surface area contributed by atoms with Gasteiger partial charge in [-0.15, -0.1) is 0 Å². The Bertz CT molecular complexity index is 1410. The molecule has 2 amide bonds. The van der Waals surface area contributed by atoms with Gasteiger partial charge in [-0.3, -0.25) is 10.1 Å². The highest BCUT2D eigenvalue weighted by atomic mass is 19.1. The molecule has 11 heteroatoms. The molecule has 1 fully saturated rings. The first-order valence-electron chi connectivity index (χ1n) is 11.6. The number of nitrogens with zero attached hydrogens (tertiary/aromatic N) is 3. The molecule has 4 N–H and O–H groups in total. The topological polar surface area (TPSA) is 132 Å². The molecular formula is C25H27FN6O4. The average molecular weight is 495 g/mol. The fourth-order valence-electron chi connectivity index (χ4n) is 4.69. The van der Waals surface area contributed by atoms with E-state index in [2.05, 4.69) is 20.6 Å². The second-order valence-corrected chi connectivity index (χ2v) is 9.62. The first kappa shape index (κ1) is 23.6. The zero-order chi connectivity index (χ0) is 25.8. The first-order chi connectivity index (χ1) is 17.1. The van der Waals surface area contributed by atoms with Gasteiger partial charge in [0.25, 0.3) is 0 Å². The number of nitrogen functional groups attached to an aromatic ring is 1. The Morgan fingerprint density at radius 2 is 2.08 bits per heavy atom. The number of aromatic nitrogens is 2. The third-order valence-corrected chi connectivity index (χ3v) is 6.86. The van der Waals surface area contributed by atoms with Crippen LogP contribution in [0.15, 0.2) is 24.5 Å². The van der Waals surface area contributed by atoms with Crippen molar-refractivity contribution >= 4 is 40.0 Å². The van der Waals surface area contributed by atoms with E-state index in [0.29, 0.717) is 41.9 Å². The Morgan fingerprint density at radius 1 is 1.31 bits per heavy atom. The van der Waals surface area contributed by atoms with E-state index in [1.54, 1.807) is 39.2 Å². The minimum atomic E-state index is -0.829. The van der Waals surface area contributed by atoms with Crippen molar-refractivity contribution in [3.63, 3.8) is 0 Å². The fraction of sp³-hybridized carbons (Fsp3) is 0.360. The van der Waals surface area contributed by atoms with Crippen LogP contribution in [0.1, 0.15) is 19.4 Å². The van der Waals surface area contributed by atoms with Crippen LogP contribution in [-0.4, -0.2) is 59.7 Å². The van der Waals surface area contributed by atoms with Crippen LogP contribution in [0, 0.1) is 18.2 Å². The molecule has 0 radical (unpaired) electrons. The number of fused-ring (bicyclic) bond motifs is 2. The molecule has 2 aliphatic heterocycles. The lowest BCUT2D eigenvalue weighted by Crippen LogP contribution is -2.36. The molecule has 1 aromatic carbocycles. The van der Waals surface area contributed by atoms with E-state index in [1.165, 1.54) is 11.1 Å². The predicted octanol–water partition coefficient (Wildman–Crippen LogP) is 3.55. The summed E-state index contributed by atoms with van der Waals surface area (Å²) in [5.41, 5.74) is 7.60. The van der Waals surface area contributed by atoms with E-state index in [4.69, 9.17) is 15.2 Å². The van der Waals surface area contributed by atoms with Crippen molar-refractivity contribution in [2.75, 3.05) is 43.1 Å². The molecule has 10 nitrogen and oxygen atoms in total. The molecule has 0 spiro atoms. The maximum Gasteiger partial charge on any atom is 0.413 e. The lowest BCUT2D eigenvalue weighted by molar-refractivity contribution is -0.134. The molecule has 5 rings (SSSR count). The number of amides is 2. The summed E-state index contributed by atoms with van der Waals surface area (Å²) < 4.78 is 26.4. The number of pyridine rings is 2. The van der Waals surface area contributed by atoms with Crippen LogP contribution in [-0.2, 0) is 9.53 Å². The van der Waals surface area contributed by atoms with Gasteiger partial charge in [0.05, 0.1) is 17.6 Å². The van der Waals surface area contributed by atoms with Crippen LogP contribution in [0.4, 0.5) is 26.4 Å². The minimum absolute atomic E-state index is 0.0558. The second-order valence-electron chi connectivity index (χ2n) is 9.62. The van der Waals surface area contributed by atoms with Gasteiger partial charge in [-0.05, 0) is 43.9 Å². The number of benzene rings is 1. The Balaban J connectivity index is 1.45. The fourth-order valence-corrected chi connectivity index (χ4v) is 4.69. The molecular weight excluding hydrogens is 467 g/mol. The van der Waals surface area contributed by atoms with Gasteiger partial charge in [-0.2, -0.15) is 0 Å². The van der Waals surface area contributed by atoms with E-state index >= 15 is 4.39 Å². The van der Waals surface area contributed by atoms with Crippen molar-refractivity contribution in [3.8, 4) is 17.0 Å². The third kappa shape index (κ3) is 3.80. The van der Waals surface area contributed by atoms with Gasteiger partial charge < -0.3 is 25.4 Å². The van der Waals surface area contributed by atoms with Gasteiger partial charge >= 0.3 is 6.09 Å². The quantitative estimate of drug-likeness (QED) is 0.471. The number of anilines is 3. The normalized spacial score (nSPS) is 18.4. The SMILES string of the molecule is Cc1c(-c2cc3cc(NC(=O)O[C@@H]4CN(C)C(=O)C4(C)C)ncc3c(N)c2F)cnc2c1NCCO2. The van der Waals surface area contributed by atoms with Crippen molar-refractivity contribution in [2.45, 2.75) is 26.9 Å². The molecule has 1 saturated heterocycles. The Hall–Kier alpha value is -4.15. The second kappa shape index (κ2) is 8.51. The highest BCUT2D eigenvalue weighted by Gasteiger charge is 2.48. The van der Waals surface area contributed by atoms with E-state index < -0.39 is 23.4 Å². The van der Waals surface area contributed by atoms with Crippen molar-refractivity contribution in [3.05, 3.63) is 35.9 Å². The van der Waals surface area contributed by atoms with Gasteiger partial charge in [-0.25, -0.2) is 19.2 Å². The highest BCUT2D eigenvalue weighted by Crippen LogP contribution is 2.39. The maximum absolute atomic E-state index is 15.3. The smallest absolute Gasteiger partial charge is 0.413 e. The van der Waals surface area contributed by atoms with Crippen LogP contribution in [0.3, 0.4) is 0 Å². The molecule has 36 heavy (non-hydrogen) atoms. The van der Waals surface area contributed by atoms with Gasteiger partial charge in [-0.1, -0.05) is 0 Å². The molecule has 0 bridgehead atoms. The van der Waals surface area contributed by atoms with Crippen LogP contribution in [0.5, 0.6) is 5.88 Å². The number of likely N-dealkylation sites (N-methyl/N-ethyl adjacent to an activating group) is 1. The van der Waals surface area contributed by atoms with E-state index in [0.717, 1.165) is 11.3 Å². The standard InChI is InChI=1S/C25H27FN6O4/c1-12-15(9-30-22-21(12)28-5-6-35-22)14-7-13-8-18(29-10-16(13)20(27)19(14)26)31-24(34)36-17-11-32(4)23(33)25(17,2)3/h7-10,17,28H,5-6,11,27H2,1-4H3,(H,29,31,34)/t17-/m1/s1. The molecule has 3 aromatic rings. The van der Waals surface area contributed by atoms with E-state index in [1.807, 2.05) is 6.92 Å². The van der Waals surface area contributed by atoms with E-state index in [9.17, 15) is 9.59 Å². The monoisotopic (exact) mass is 494 g/mol. The summed E-state index contributed by atoms with van der Waals surface area (Å²) >= 11 is 0. The lowest BCUT2D eigenvalue weighted by Gasteiger charge is -2.23. The molecule has 0 saturated carbocycles. The van der Waals surface area contributed by atoms with Crippen molar-refractivity contribution < 1.29 is 23.5 Å². The summed E-state index contributed by atoms with van der Waals surface area (Å²) in [6.45, 7) is 6.77. The summed E-state index contributed by atoms with van der Waals surface area (Å²) in [5, 5.41) is 6.83. The zero-order valence-electron chi connectivity index (χ0n) is 20.4. The molecule has 0 aliphatic carbocycles. The number of ether oxygens (including phenoxy) is 2. The van der Waals surface area contributed by atoms with Crippen LogP contribution in [0.25, 0.3) is 21.9 Å². The summed E-state index contributed by atoms with van der Waals surface area (Å²) in [6, 6.07) is 3.24.